The fraction of sp³-hybridized carbons (Fsp3) is 0.647. The Morgan fingerprint density at radius 2 is 2.05 bits per heavy atom. The lowest BCUT2D eigenvalue weighted by Crippen LogP contribution is -2.35. The minimum absolute atomic E-state index is 0.823. The number of nitrogens with one attached hydrogen (secondary N) is 1. The second kappa shape index (κ2) is 4.92. The van der Waals surface area contributed by atoms with Crippen molar-refractivity contribution in [1.29, 1.82) is 0 Å². The van der Waals surface area contributed by atoms with E-state index in [1.165, 1.54) is 51.7 Å². The number of benzene rings is 1. The highest BCUT2D eigenvalue weighted by atomic mass is 15.1. The van der Waals surface area contributed by atoms with Crippen LogP contribution < -0.4 is 5.32 Å². The van der Waals surface area contributed by atoms with E-state index in [0.29, 0.717) is 0 Å². The molecule has 0 saturated carbocycles. The number of fused-ring (bicyclic) bond motifs is 3. The molecule has 2 heteroatoms. The van der Waals surface area contributed by atoms with Crippen LogP contribution in [-0.2, 0) is 13.0 Å². The van der Waals surface area contributed by atoms with Crippen LogP contribution in [0.1, 0.15) is 36.8 Å². The molecule has 1 N–H and O–H groups in total. The third-order valence-electron chi connectivity index (χ3n) is 5.36. The zero-order chi connectivity index (χ0) is 12.7. The maximum atomic E-state index is 3.78. The van der Waals surface area contributed by atoms with Gasteiger partial charge in [-0.1, -0.05) is 24.3 Å². The van der Waals surface area contributed by atoms with Gasteiger partial charge in [-0.15, -0.1) is 0 Å². The Hall–Kier alpha value is -0.860. The summed E-state index contributed by atoms with van der Waals surface area (Å²) in [6.45, 7) is 3.76. The van der Waals surface area contributed by atoms with Crippen molar-refractivity contribution in [1.82, 2.24) is 10.2 Å². The molecule has 102 valence electrons. The van der Waals surface area contributed by atoms with E-state index in [9.17, 15) is 0 Å². The zero-order valence-corrected chi connectivity index (χ0v) is 11.6. The number of hydrogen-bond acceptors (Lipinski definition) is 2. The van der Waals surface area contributed by atoms with Gasteiger partial charge in [0.25, 0.3) is 0 Å². The van der Waals surface area contributed by atoms with Gasteiger partial charge in [0.15, 0.2) is 0 Å². The lowest BCUT2D eigenvalue weighted by Gasteiger charge is -2.28. The summed E-state index contributed by atoms with van der Waals surface area (Å²) in [4.78, 5) is 2.71. The molecule has 3 aliphatic heterocycles. The average Bonchev–Trinajstić information content (AvgIpc) is 2.97. The van der Waals surface area contributed by atoms with Gasteiger partial charge in [0.05, 0.1) is 0 Å². The first kappa shape index (κ1) is 11.9. The molecule has 0 radical (unpaired) electrons. The van der Waals surface area contributed by atoms with Crippen LogP contribution in [-0.4, -0.2) is 30.1 Å². The van der Waals surface area contributed by atoms with Gasteiger partial charge in [-0.2, -0.15) is 0 Å². The number of rotatable bonds is 2. The number of nitrogens with zero attached hydrogens (tertiary/aromatic N) is 1. The highest BCUT2D eigenvalue weighted by Gasteiger charge is 2.39. The normalized spacial score (nSPS) is 34.2. The summed E-state index contributed by atoms with van der Waals surface area (Å²) >= 11 is 0. The van der Waals surface area contributed by atoms with Crippen molar-refractivity contribution < 1.29 is 0 Å². The van der Waals surface area contributed by atoms with E-state index in [4.69, 9.17) is 0 Å². The molecular weight excluding hydrogens is 232 g/mol. The molecule has 0 aromatic heterocycles. The lowest BCUT2D eigenvalue weighted by atomic mass is 9.88. The highest BCUT2D eigenvalue weighted by molar-refractivity contribution is 5.28. The molecule has 2 bridgehead atoms. The largest absolute Gasteiger partial charge is 0.311 e. The van der Waals surface area contributed by atoms with Crippen LogP contribution >= 0.6 is 0 Å². The van der Waals surface area contributed by atoms with E-state index >= 15 is 0 Å². The van der Waals surface area contributed by atoms with Crippen molar-refractivity contribution >= 4 is 0 Å². The Balaban J connectivity index is 1.45. The average molecular weight is 256 g/mol. The molecule has 0 aliphatic carbocycles. The summed E-state index contributed by atoms with van der Waals surface area (Å²) < 4.78 is 0. The van der Waals surface area contributed by atoms with Gasteiger partial charge < -0.3 is 5.32 Å². The van der Waals surface area contributed by atoms with Gasteiger partial charge in [-0.05, 0) is 55.7 Å². The number of aryl methyl sites for hydroxylation is 1. The van der Waals surface area contributed by atoms with Crippen LogP contribution in [0.4, 0.5) is 0 Å². The van der Waals surface area contributed by atoms with Crippen molar-refractivity contribution in [2.24, 2.45) is 5.92 Å². The van der Waals surface area contributed by atoms with Gasteiger partial charge in [0.2, 0.25) is 0 Å². The van der Waals surface area contributed by atoms with Crippen LogP contribution in [0.5, 0.6) is 0 Å². The summed E-state index contributed by atoms with van der Waals surface area (Å²) in [5, 5.41) is 3.78. The second-order valence-corrected chi connectivity index (χ2v) is 6.65. The van der Waals surface area contributed by atoms with Crippen molar-refractivity contribution in [3.05, 3.63) is 35.4 Å². The Labute approximate surface area is 116 Å². The summed E-state index contributed by atoms with van der Waals surface area (Å²) in [5.74, 6) is 0.906. The standard InChI is InChI=1S/C17H24N2/c1-2-5-14-11-19(9-3-6-13(14)4-1)12-15-10-16-7-8-17(15)18-16/h1-2,4-5,15-18H,3,6-12H2. The molecule has 3 atom stereocenters. The van der Waals surface area contributed by atoms with Gasteiger partial charge in [0, 0.05) is 25.2 Å². The van der Waals surface area contributed by atoms with Crippen molar-refractivity contribution in [2.45, 2.75) is 50.7 Å². The summed E-state index contributed by atoms with van der Waals surface area (Å²) in [6.07, 6.45) is 6.85. The Morgan fingerprint density at radius 3 is 2.84 bits per heavy atom. The molecule has 3 heterocycles. The van der Waals surface area contributed by atoms with Gasteiger partial charge in [0.1, 0.15) is 0 Å². The molecule has 2 fully saturated rings. The van der Waals surface area contributed by atoms with E-state index in [2.05, 4.69) is 34.5 Å². The topological polar surface area (TPSA) is 15.3 Å². The fourth-order valence-corrected chi connectivity index (χ4v) is 4.40. The first-order valence-corrected chi connectivity index (χ1v) is 7.94. The quantitative estimate of drug-likeness (QED) is 0.875. The molecular formula is C17H24N2. The molecule has 19 heavy (non-hydrogen) atoms. The lowest BCUT2D eigenvalue weighted by molar-refractivity contribution is 0.206. The van der Waals surface area contributed by atoms with E-state index in [1.54, 1.807) is 11.1 Å². The fourth-order valence-electron chi connectivity index (χ4n) is 4.40. The maximum Gasteiger partial charge on any atom is 0.0236 e. The van der Waals surface area contributed by atoms with Gasteiger partial charge >= 0.3 is 0 Å². The minimum Gasteiger partial charge on any atom is -0.311 e. The highest BCUT2D eigenvalue weighted by Crippen LogP contribution is 2.34. The third kappa shape index (κ3) is 2.32. The molecule has 0 amide bonds. The minimum atomic E-state index is 0.823. The molecule has 3 aliphatic rings. The third-order valence-corrected chi connectivity index (χ3v) is 5.36. The predicted molar refractivity (Wildman–Crippen MR) is 78.1 cm³/mol. The Bertz CT molecular complexity index is 456. The smallest absolute Gasteiger partial charge is 0.0236 e. The molecule has 1 aromatic carbocycles. The molecule has 4 rings (SSSR count). The molecule has 1 aromatic rings. The molecule has 2 nitrogen and oxygen atoms in total. The molecule has 2 saturated heterocycles. The van der Waals surface area contributed by atoms with Crippen LogP contribution in [0.15, 0.2) is 24.3 Å². The Morgan fingerprint density at radius 1 is 1.16 bits per heavy atom. The number of hydrogen-bond donors (Lipinski definition) is 1. The monoisotopic (exact) mass is 256 g/mol. The van der Waals surface area contributed by atoms with Crippen LogP contribution in [0, 0.1) is 5.92 Å². The van der Waals surface area contributed by atoms with E-state index in [0.717, 1.165) is 18.0 Å². The first-order valence-electron chi connectivity index (χ1n) is 7.94. The van der Waals surface area contributed by atoms with Crippen LogP contribution in [0.2, 0.25) is 0 Å². The van der Waals surface area contributed by atoms with Crippen molar-refractivity contribution in [2.75, 3.05) is 13.1 Å². The zero-order valence-electron chi connectivity index (χ0n) is 11.6. The maximum absolute atomic E-state index is 3.78. The van der Waals surface area contributed by atoms with Crippen molar-refractivity contribution in [3.63, 3.8) is 0 Å². The summed E-state index contributed by atoms with van der Waals surface area (Å²) in [7, 11) is 0. The van der Waals surface area contributed by atoms with E-state index in [-0.39, 0.29) is 0 Å². The first-order chi connectivity index (χ1) is 9.38. The van der Waals surface area contributed by atoms with E-state index in [1.807, 2.05) is 0 Å². The van der Waals surface area contributed by atoms with Crippen LogP contribution in [0.25, 0.3) is 0 Å². The van der Waals surface area contributed by atoms with Crippen molar-refractivity contribution in [3.8, 4) is 0 Å². The molecule has 3 unspecified atom stereocenters. The summed E-state index contributed by atoms with van der Waals surface area (Å²) in [6, 6.07) is 10.7. The Kier molecular flexibility index (Phi) is 3.08. The van der Waals surface area contributed by atoms with Gasteiger partial charge in [-0.25, -0.2) is 0 Å². The molecule has 0 spiro atoms. The SMILES string of the molecule is c1ccc2c(c1)CCCN(CC1CC3CCC1N3)C2. The predicted octanol–water partition coefficient (Wildman–Crippen LogP) is 2.58. The second-order valence-electron chi connectivity index (χ2n) is 6.65. The summed E-state index contributed by atoms with van der Waals surface area (Å²) in [5.41, 5.74) is 3.15. The van der Waals surface area contributed by atoms with Gasteiger partial charge in [-0.3, -0.25) is 4.90 Å². The van der Waals surface area contributed by atoms with E-state index < -0.39 is 0 Å². The van der Waals surface area contributed by atoms with Crippen LogP contribution in [0.3, 0.4) is 0 Å².